The molecule has 21 heavy (non-hydrogen) atoms. The van der Waals surface area contributed by atoms with Crippen molar-refractivity contribution in [1.82, 2.24) is 4.90 Å². The number of benzene rings is 1. The van der Waals surface area contributed by atoms with E-state index in [0.29, 0.717) is 25.0 Å². The van der Waals surface area contributed by atoms with E-state index in [1.165, 1.54) is 4.90 Å². The van der Waals surface area contributed by atoms with E-state index in [4.69, 9.17) is 9.84 Å². The number of hydrogen-bond acceptors (Lipinski definition) is 4. The number of likely N-dealkylation sites (tertiary alicyclic amines) is 1. The molecule has 0 spiro atoms. The predicted molar refractivity (Wildman–Crippen MR) is 76.5 cm³/mol. The summed E-state index contributed by atoms with van der Waals surface area (Å²) in [5.74, 6) is 5.72. The predicted octanol–water partition coefficient (Wildman–Crippen LogP) is 0.948. The second-order valence-electron chi connectivity index (χ2n) is 4.63. The van der Waals surface area contributed by atoms with Gasteiger partial charge in [0.25, 0.3) is 0 Å². The zero-order valence-corrected chi connectivity index (χ0v) is 11.7. The molecule has 0 aliphatic carbocycles. The Morgan fingerprint density at radius 1 is 1.24 bits per heavy atom. The third-order valence-electron chi connectivity index (χ3n) is 3.11. The van der Waals surface area contributed by atoms with Crippen molar-refractivity contribution in [1.29, 1.82) is 0 Å². The topological polar surface area (TPSA) is 66.8 Å². The first-order valence-electron chi connectivity index (χ1n) is 6.86. The van der Waals surface area contributed by atoms with E-state index >= 15 is 0 Å². The summed E-state index contributed by atoms with van der Waals surface area (Å²) in [6.45, 7) is 0.336. The van der Waals surface area contributed by atoms with Crippen LogP contribution in [-0.2, 0) is 9.59 Å². The third-order valence-corrected chi connectivity index (χ3v) is 3.11. The van der Waals surface area contributed by atoms with Crippen molar-refractivity contribution in [2.24, 2.45) is 0 Å². The van der Waals surface area contributed by atoms with Crippen LogP contribution in [0.4, 0.5) is 0 Å². The van der Waals surface area contributed by atoms with Crippen molar-refractivity contribution < 1.29 is 19.4 Å². The lowest BCUT2D eigenvalue weighted by molar-refractivity contribution is -0.148. The van der Waals surface area contributed by atoms with Crippen LogP contribution in [0.5, 0.6) is 5.75 Å². The minimum Gasteiger partial charge on any atom is -0.492 e. The Morgan fingerprint density at radius 3 is 2.71 bits per heavy atom. The molecular weight excluding hydrogens is 270 g/mol. The van der Waals surface area contributed by atoms with Crippen molar-refractivity contribution in [3.63, 3.8) is 0 Å². The van der Waals surface area contributed by atoms with Crippen LogP contribution in [0.25, 0.3) is 0 Å². The quantitative estimate of drug-likeness (QED) is 0.661. The van der Waals surface area contributed by atoms with E-state index in [1.807, 2.05) is 6.07 Å². The zero-order valence-electron chi connectivity index (χ0n) is 11.7. The second kappa shape index (κ2) is 7.46. The summed E-state index contributed by atoms with van der Waals surface area (Å²) in [4.78, 5) is 24.5. The van der Waals surface area contributed by atoms with E-state index < -0.39 is 0 Å². The highest BCUT2D eigenvalue weighted by molar-refractivity contribution is 5.97. The molecule has 1 N–H and O–H groups in total. The molecule has 1 heterocycles. The Kier molecular flexibility index (Phi) is 5.35. The maximum absolute atomic E-state index is 11.6. The standard InChI is InChI=1S/C16H17NO4/c18-10-3-5-13-4-1-6-14(12-13)21-11-9-17-15(19)7-2-8-16(17)20/h1,4,6,12,18H,2,7-11H2. The maximum atomic E-state index is 11.6. The number of aliphatic hydroxyl groups is 1. The second-order valence-corrected chi connectivity index (χ2v) is 4.63. The monoisotopic (exact) mass is 287 g/mol. The van der Waals surface area contributed by atoms with Crippen molar-refractivity contribution in [3.05, 3.63) is 29.8 Å². The van der Waals surface area contributed by atoms with Gasteiger partial charge in [-0.3, -0.25) is 14.5 Å². The largest absolute Gasteiger partial charge is 0.492 e. The smallest absolute Gasteiger partial charge is 0.229 e. The molecule has 1 saturated heterocycles. The zero-order chi connectivity index (χ0) is 15.1. The summed E-state index contributed by atoms with van der Waals surface area (Å²) in [6, 6.07) is 7.15. The molecule has 2 rings (SSSR count). The van der Waals surface area contributed by atoms with Crippen molar-refractivity contribution in [2.45, 2.75) is 19.3 Å². The van der Waals surface area contributed by atoms with Gasteiger partial charge in [-0.25, -0.2) is 0 Å². The van der Waals surface area contributed by atoms with Crippen molar-refractivity contribution in [3.8, 4) is 17.6 Å². The van der Waals surface area contributed by atoms with Crippen LogP contribution in [0, 0.1) is 11.8 Å². The number of piperidine rings is 1. The lowest BCUT2D eigenvalue weighted by atomic mass is 10.1. The molecule has 1 aromatic carbocycles. The van der Waals surface area contributed by atoms with Crippen molar-refractivity contribution >= 4 is 11.8 Å². The van der Waals surface area contributed by atoms with Gasteiger partial charge in [0.15, 0.2) is 0 Å². The number of amides is 2. The van der Waals surface area contributed by atoms with Gasteiger partial charge in [-0.05, 0) is 24.6 Å². The molecule has 5 heteroatoms. The van der Waals surface area contributed by atoms with Gasteiger partial charge in [-0.2, -0.15) is 0 Å². The fraction of sp³-hybridized carbons (Fsp3) is 0.375. The highest BCUT2D eigenvalue weighted by Crippen LogP contribution is 2.14. The van der Waals surface area contributed by atoms with Crippen LogP contribution >= 0.6 is 0 Å². The summed E-state index contributed by atoms with van der Waals surface area (Å²) in [7, 11) is 0. The van der Waals surface area contributed by atoms with E-state index in [0.717, 1.165) is 5.56 Å². The average Bonchev–Trinajstić information content (AvgIpc) is 2.49. The SMILES string of the molecule is O=C1CCCC(=O)N1CCOc1cccc(C#CCO)c1. The highest BCUT2D eigenvalue weighted by atomic mass is 16.5. The highest BCUT2D eigenvalue weighted by Gasteiger charge is 2.25. The van der Waals surface area contributed by atoms with Crippen LogP contribution in [0.15, 0.2) is 24.3 Å². The van der Waals surface area contributed by atoms with E-state index in [1.54, 1.807) is 18.2 Å². The average molecular weight is 287 g/mol. The summed E-state index contributed by atoms with van der Waals surface area (Å²) in [5, 5.41) is 8.66. The molecule has 5 nitrogen and oxygen atoms in total. The van der Waals surface area contributed by atoms with Gasteiger partial charge in [-0.1, -0.05) is 17.9 Å². The number of aliphatic hydroxyl groups excluding tert-OH is 1. The Balaban J connectivity index is 1.88. The molecule has 1 aliphatic heterocycles. The molecular formula is C16H17NO4. The minimum atomic E-state index is -0.190. The van der Waals surface area contributed by atoms with Gasteiger partial charge in [0.2, 0.25) is 11.8 Å². The van der Waals surface area contributed by atoms with Crippen LogP contribution in [-0.4, -0.2) is 41.6 Å². The van der Waals surface area contributed by atoms with Crippen LogP contribution in [0.1, 0.15) is 24.8 Å². The molecule has 0 saturated carbocycles. The molecule has 0 bridgehead atoms. The molecule has 0 aromatic heterocycles. The summed E-state index contributed by atoms with van der Waals surface area (Å²) in [6.07, 6.45) is 1.50. The first-order chi connectivity index (χ1) is 10.2. The molecule has 2 amide bonds. The van der Waals surface area contributed by atoms with Crippen LogP contribution in [0.3, 0.4) is 0 Å². The first-order valence-corrected chi connectivity index (χ1v) is 6.86. The number of rotatable bonds is 4. The van der Waals surface area contributed by atoms with E-state index in [-0.39, 0.29) is 31.6 Å². The number of carbonyl (C=O) groups is 2. The van der Waals surface area contributed by atoms with Crippen LogP contribution in [0.2, 0.25) is 0 Å². The van der Waals surface area contributed by atoms with Gasteiger partial charge in [0.1, 0.15) is 19.0 Å². The Morgan fingerprint density at radius 2 is 2.00 bits per heavy atom. The van der Waals surface area contributed by atoms with Gasteiger partial charge < -0.3 is 9.84 Å². The minimum absolute atomic E-state index is 0.127. The Labute approximate surface area is 123 Å². The molecule has 1 fully saturated rings. The fourth-order valence-corrected chi connectivity index (χ4v) is 2.11. The lowest BCUT2D eigenvalue weighted by Gasteiger charge is -2.24. The lowest BCUT2D eigenvalue weighted by Crippen LogP contribution is -2.42. The van der Waals surface area contributed by atoms with Gasteiger partial charge in [0.05, 0.1) is 6.54 Å². The number of ether oxygens (including phenoxy) is 1. The number of nitrogens with zero attached hydrogens (tertiary/aromatic N) is 1. The van der Waals surface area contributed by atoms with Crippen molar-refractivity contribution in [2.75, 3.05) is 19.8 Å². The van der Waals surface area contributed by atoms with Crippen LogP contribution < -0.4 is 4.74 Å². The molecule has 0 unspecified atom stereocenters. The Hall–Kier alpha value is -2.32. The maximum Gasteiger partial charge on any atom is 0.229 e. The Bertz CT molecular complexity index is 569. The molecule has 1 aromatic rings. The summed E-state index contributed by atoms with van der Waals surface area (Å²) < 4.78 is 5.55. The normalized spacial score (nSPS) is 14.6. The summed E-state index contributed by atoms with van der Waals surface area (Å²) >= 11 is 0. The van der Waals surface area contributed by atoms with Gasteiger partial charge in [0, 0.05) is 18.4 Å². The fourth-order valence-electron chi connectivity index (χ4n) is 2.11. The molecule has 0 atom stereocenters. The molecule has 0 radical (unpaired) electrons. The van der Waals surface area contributed by atoms with Gasteiger partial charge >= 0.3 is 0 Å². The molecule has 1 aliphatic rings. The number of carbonyl (C=O) groups excluding carboxylic acids is 2. The first kappa shape index (κ1) is 15.1. The number of hydrogen-bond donors (Lipinski definition) is 1. The third kappa shape index (κ3) is 4.33. The van der Waals surface area contributed by atoms with E-state index in [2.05, 4.69) is 11.8 Å². The summed E-state index contributed by atoms with van der Waals surface area (Å²) in [5.41, 5.74) is 0.742. The van der Waals surface area contributed by atoms with E-state index in [9.17, 15) is 9.59 Å². The molecule has 110 valence electrons. The number of imide groups is 1. The van der Waals surface area contributed by atoms with Gasteiger partial charge in [-0.15, -0.1) is 0 Å².